The summed E-state index contributed by atoms with van der Waals surface area (Å²) in [5.41, 5.74) is -0.489. The summed E-state index contributed by atoms with van der Waals surface area (Å²) in [6, 6.07) is -0.543. The molecule has 0 aromatic rings. The van der Waals surface area contributed by atoms with Gasteiger partial charge >= 0.3 is 12.0 Å². The number of rotatable bonds is 7. The van der Waals surface area contributed by atoms with Crippen LogP contribution < -0.4 is 10.6 Å². The number of hydrogen-bond acceptors (Lipinski definition) is 4. The molecule has 100 valence electrons. The van der Waals surface area contributed by atoms with Crippen molar-refractivity contribution in [2.45, 2.75) is 32.5 Å². The van der Waals surface area contributed by atoms with Gasteiger partial charge in [0.25, 0.3) is 0 Å². The van der Waals surface area contributed by atoms with Crippen LogP contribution in [0, 0.1) is 0 Å². The number of aliphatic hydroxyl groups is 1. The van der Waals surface area contributed by atoms with E-state index in [9.17, 15) is 9.59 Å². The number of aliphatic hydroxyl groups excluding tert-OH is 1. The Kier molecular flexibility index (Phi) is 6.52. The minimum absolute atomic E-state index is 0.288. The van der Waals surface area contributed by atoms with Gasteiger partial charge in [0.15, 0.2) is 6.10 Å². The molecule has 17 heavy (non-hydrogen) atoms. The Morgan fingerprint density at radius 2 is 1.94 bits per heavy atom. The lowest BCUT2D eigenvalue weighted by Gasteiger charge is -2.24. The molecule has 0 radical (unpaired) electrons. The van der Waals surface area contributed by atoms with E-state index in [2.05, 4.69) is 10.6 Å². The van der Waals surface area contributed by atoms with E-state index in [4.69, 9.17) is 14.9 Å². The number of urea groups is 1. The number of carbonyl (C=O) groups excluding carboxylic acids is 1. The maximum Gasteiger partial charge on any atom is 0.334 e. The van der Waals surface area contributed by atoms with Gasteiger partial charge in [-0.25, -0.2) is 9.59 Å². The molecule has 7 heteroatoms. The van der Waals surface area contributed by atoms with Crippen LogP contribution >= 0.6 is 0 Å². The molecule has 0 aliphatic rings. The van der Waals surface area contributed by atoms with Crippen LogP contribution in [0.5, 0.6) is 0 Å². The summed E-state index contributed by atoms with van der Waals surface area (Å²) in [7, 11) is 0. The molecule has 0 aromatic heterocycles. The molecular weight excluding hydrogens is 228 g/mol. The molecule has 7 nitrogen and oxygen atoms in total. The van der Waals surface area contributed by atoms with Crippen molar-refractivity contribution in [3.8, 4) is 0 Å². The summed E-state index contributed by atoms with van der Waals surface area (Å²) < 4.78 is 5.36. The van der Waals surface area contributed by atoms with Gasteiger partial charge in [-0.15, -0.1) is 0 Å². The summed E-state index contributed by atoms with van der Waals surface area (Å²) in [4.78, 5) is 21.5. The van der Waals surface area contributed by atoms with Gasteiger partial charge in [-0.2, -0.15) is 0 Å². The highest BCUT2D eigenvalue weighted by atomic mass is 16.5. The molecule has 0 heterocycles. The van der Waals surface area contributed by atoms with Crippen LogP contribution in [0.2, 0.25) is 0 Å². The van der Waals surface area contributed by atoms with Crippen molar-refractivity contribution in [2.24, 2.45) is 0 Å². The van der Waals surface area contributed by atoms with E-state index in [0.717, 1.165) is 0 Å². The summed E-state index contributed by atoms with van der Waals surface area (Å²) >= 11 is 0. The topological polar surface area (TPSA) is 108 Å². The molecular formula is C10H20N2O5. The van der Waals surface area contributed by atoms with Gasteiger partial charge < -0.3 is 25.6 Å². The quantitative estimate of drug-likeness (QED) is 0.488. The Morgan fingerprint density at radius 1 is 1.35 bits per heavy atom. The molecule has 2 amide bonds. The number of carboxylic acids is 1. The lowest BCUT2D eigenvalue weighted by atomic mass is 10.1. The molecule has 0 aliphatic heterocycles. The Hall–Kier alpha value is -1.34. The maximum absolute atomic E-state index is 11.2. The smallest absolute Gasteiger partial charge is 0.334 e. The number of aliphatic carboxylic acids is 1. The molecule has 0 bridgehead atoms. The van der Waals surface area contributed by atoms with Gasteiger partial charge in [-0.3, -0.25) is 0 Å². The lowest BCUT2D eigenvalue weighted by molar-refractivity contribution is -0.146. The fraction of sp³-hybridized carbons (Fsp3) is 0.800. The first-order chi connectivity index (χ1) is 7.78. The van der Waals surface area contributed by atoms with E-state index in [1.54, 1.807) is 0 Å². The molecule has 1 atom stereocenters. The summed E-state index contributed by atoms with van der Waals surface area (Å²) in [5, 5.41) is 22.1. The van der Waals surface area contributed by atoms with Crippen LogP contribution in [0.25, 0.3) is 0 Å². The molecule has 4 N–H and O–H groups in total. The van der Waals surface area contributed by atoms with Crippen molar-refractivity contribution in [1.29, 1.82) is 0 Å². The second-order valence-electron chi connectivity index (χ2n) is 4.11. The SMILES string of the molecule is CCOC(C)(C)CNC(=O)NCC(O)C(=O)O. The van der Waals surface area contributed by atoms with E-state index in [1.807, 2.05) is 20.8 Å². The van der Waals surface area contributed by atoms with Crippen molar-refractivity contribution >= 4 is 12.0 Å². The molecule has 0 rings (SSSR count). The third kappa shape index (κ3) is 7.53. The van der Waals surface area contributed by atoms with Gasteiger partial charge in [0.1, 0.15) is 0 Å². The van der Waals surface area contributed by atoms with Crippen LogP contribution in [-0.4, -0.2) is 53.6 Å². The Bertz CT molecular complexity index is 267. The second-order valence-corrected chi connectivity index (χ2v) is 4.11. The van der Waals surface area contributed by atoms with E-state index >= 15 is 0 Å². The molecule has 0 spiro atoms. The molecule has 0 aliphatic carbocycles. The maximum atomic E-state index is 11.2. The summed E-state index contributed by atoms with van der Waals surface area (Å²) in [6.07, 6.45) is -1.60. The lowest BCUT2D eigenvalue weighted by Crippen LogP contribution is -2.47. The number of amides is 2. The normalized spacial score (nSPS) is 12.9. The number of nitrogens with one attached hydrogen (secondary N) is 2. The first-order valence-electron chi connectivity index (χ1n) is 5.35. The fourth-order valence-corrected chi connectivity index (χ4v) is 1.07. The molecule has 0 saturated carbocycles. The van der Waals surface area contributed by atoms with E-state index < -0.39 is 23.7 Å². The fourth-order valence-electron chi connectivity index (χ4n) is 1.07. The minimum Gasteiger partial charge on any atom is -0.479 e. The van der Waals surface area contributed by atoms with Crippen LogP contribution in [0.4, 0.5) is 4.79 Å². The zero-order chi connectivity index (χ0) is 13.5. The summed E-state index contributed by atoms with van der Waals surface area (Å²) in [6.45, 7) is 5.98. The number of hydrogen-bond donors (Lipinski definition) is 4. The predicted octanol–water partition coefficient (Wildman–Crippen LogP) is -0.454. The molecule has 0 fully saturated rings. The van der Waals surface area contributed by atoms with Crippen LogP contribution in [0.15, 0.2) is 0 Å². The largest absolute Gasteiger partial charge is 0.479 e. The van der Waals surface area contributed by atoms with E-state index in [1.165, 1.54) is 0 Å². The minimum atomic E-state index is -1.60. The third-order valence-electron chi connectivity index (χ3n) is 1.95. The average molecular weight is 248 g/mol. The Balaban J connectivity index is 3.84. The average Bonchev–Trinajstić information content (AvgIpc) is 2.22. The van der Waals surface area contributed by atoms with Crippen molar-refractivity contribution in [2.75, 3.05) is 19.7 Å². The predicted molar refractivity (Wildman–Crippen MR) is 60.7 cm³/mol. The van der Waals surface area contributed by atoms with Crippen LogP contribution in [0.3, 0.4) is 0 Å². The molecule has 1 unspecified atom stereocenters. The Morgan fingerprint density at radius 3 is 2.41 bits per heavy atom. The monoisotopic (exact) mass is 248 g/mol. The van der Waals surface area contributed by atoms with Crippen molar-refractivity contribution in [3.63, 3.8) is 0 Å². The first kappa shape index (κ1) is 15.7. The number of carbonyl (C=O) groups is 2. The zero-order valence-electron chi connectivity index (χ0n) is 10.3. The van der Waals surface area contributed by atoms with Crippen LogP contribution in [0.1, 0.15) is 20.8 Å². The van der Waals surface area contributed by atoms with Gasteiger partial charge in [0, 0.05) is 13.2 Å². The van der Waals surface area contributed by atoms with E-state index in [-0.39, 0.29) is 13.1 Å². The highest BCUT2D eigenvalue weighted by Crippen LogP contribution is 2.06. The van der Waals surface area contributed by atoms with Gasteiger partial charge in [-0.1, -0.05) is 0 Å². The standard InChI is InChI=1S/C10H20N2O5/c1-4-17-10(2,3)6-12-9(16)11-5-7(13)8(14)15/h7,13H,4-6H2,1-3H3,(H,14,15)(H2,11,12,16). The van der Waals surface area contributed by atoms with Gasteiger partial charge in [-0.05, 0) is 20.8 Å². The highest BCUT2D eigenvalue weighted by Gasteiger charge is 2.19. The third-order valence-corrected chi connectivity index (χ3v) is 1.95. The Labute approximate surface area is 100 Å². The van der Waals surface area contributed by atoms with Crippen molar-refractivity contribution in [1.82, 2.24) is 10.6 Å². The van der Waals surface area contributed by atoms with Gasteiger partial charge in [0.2, 0.25) is 0 Å². The highest BCUT2D eigenvalue weighted by molar-refractivity contribution is 5.76. The van der Waals surface area contributed by atoms with Gasteiger partial charge in [0.05, 0.1) is 12.1 Å². The van der Waals surface area contributed by atoms with Crippen molar-refractivity contribution in [3.05, 3.63) is 0 Å². The summed E-state index contributed by atoms with van der Waals surface area (Å²) in [5.74, 6) is -1.38. The first-order valence-corrected chi connectivity index (χ1v) is 5.35. The molecule has 0 aromatic carbocycles. The number of ether oxygens (including phenoxy) is 1. The van der Waals surface area contributed by atoms with Crippen LogP contribution in [-0.2, 0) is 9.53 Å². The van der Waals surface area contributed by atoms with Crippen molar-refractivity contribution < 1.29 is 24.5 Å². The second kappa shape index (κ2) is 7.08. The molecule has 0 saturated heterocycles. The van der Waals surface area contributed by atoms with E-state index in [0.29, 0.717) is 6.61 Å². The zero-order valence-corrected chi connectivity index (χ0v) is 10.3. The number of carboxylic acid groups (broad SMARTS) is 1.